The first-order valence-corrected chi connectivity index (χ1v) is 9.82. The van der Waals surface area contributed by atoms with E-state index in [0.29, 0.717) is 30.4 Å². The number of rotatable bonds is 9. The Morgan fingerprint density at radius 1 is 1.00 bits per heavy atom. The first-order valence-electron chi connectivity index (χ1n) is 9.03. The van der Waals surface area contributed by atoms with E-state index in [1.165, 1.54) is 0 Å². The fourth-order valence-corrected chi connectivity index (χ4v) is 2.74. The topological polar surface area (TPSA) is 73.9 Å². The molecule has 0 aromatic heterocycles. The summed E-state index contributed by atoms with van der Waals surface area (Å²) < 4.78 is 17.1. The van der Waals surface area contributed by atoms with Crippen LogP contribution in [0.15, 0.2) is 40.9 Å². The van der Waals surface area contributed by atoms with Gasteiger partial charge in [0, 0.05) is 10.2 Å². The number of hydrogen-bond donors (Lipinski definition) is 1. The number of benzene rings is 2. The number of carbonyl (C=O) groups excluding carboxylic acids is 2. The molecule has 0 aliphatic rings. The maximum atomic E-state index is 12.1. The van der Waals surface area contributed by atoms with Crippen LogP contribution in [0.25, 0.3) is 0 Å². The van der Waals surface area contributed by atoms with Crippen LogP contribution >= 0.6 is 15.9 Å². The average molecular weight is 450 g/mol. The Hall–Kier alpha value is -2.54. The Morgan fingerprint density at radius 2 is 1.71 bits per heavy atom. The van der Waals surface area contributed by atoms with Crippen LogP contribution in [-0.4, -0.2) is 31.7 Å². The van der Waals surface area contributed by atoms with E-state index in [9.17, 15) is 9.59 Å². The second-order valence-corrected chi connectivity index (χ2v) is 6.85. The molecule has 7 heteroatoms. The lowest BCUT2D eigenvalue weighted by molar-refractivity contribution is -0.146. The van der Waals surface area contributed by atoms with Crippen molar-refractivity contribution in [3.8, 4) is 11.5 Å². The molecule has 0 spiro atoms. The van der Waals surface area contributed by atoms with Crippen molar-refractivity contribution in [1.29, 1.82) is 0 Å². The van der Waals surface area contributed by atoms with Crippen LogP contribution in [0.3, 0.4) is 0 Å². The van der Waals surface area contributed by atoms with Gasteiger partial charge in [0.15, 0.2) is 18.1 Å². The molecule has 0 unspecified atom stereocenters. The largest absolute Gasteiger partial charge is 0.490 e. The summed E-state index contributed by atoms with van der Waals surface area (Å²) in [6.07, 6.45) is 0.0388. The van der Waals surface area contributed by atoms with E-state index in [2.05, 4.69) is 21.2 Å². The van der Waals surface area contributed by atoms with E-state index < -0.39 is 11.9 Å². The van der Waals surface area contributed by atoms with Gasteiger partial charge in [-0.1, -0.05) is 22.0 Å². The molecule has 28 heavy (non-hydrogen) atoms. The molecule has 0 aliphatic carbocycles. The van der Waals surface area contributed by atoms with Crippen molar-refractivity contribution in [1.82, 2.24) is 0 Å². The number of esters is 1. The van der Waals surface area contributed by atoms with Crippen LogP contribution in [-0.2, 0) is 20.7 Å². The van der Waals surface area contributed by atoms with Crippen molar-refractivity contribution in [3.05, 3.63) is 52.0 Å². The number of aryl methyl sites for hydroxylation is 1. The number of carbonyl (C=O) groups is 2. The molecular formula is C21H24BrNO5. The molecule has 2 aromatic carbocycles. The Labute approximate surface area is 173 Å². The number of amides is 1. The number of nitrogens with one attached hydrogen (secondary N) is 1. The maximum Gasteiger partial charge on any atom is 0.310 e. The van der Waals surface area contributed by atoms with Gasteiger partial charge in [-0.25, -0.2) is 0 Å². The van der Waals surface area contributed by atoms with E-state index in [0.717, 1.165) is 15.6 Å². The highest BCUT2D eigenvalue weighted by molar-refractivity contribution is 9.10. The van der Waals surface area contributed by atoms with E-state index in [1.54, 1.807) is 24.3 Å². The zero-order chi connectivity index (χ0) is 20.5. The Kier molecular flexibility index (Phi) is 8.32. The van der Waals surface area contributed by atoms with Gasteiger partial charge in [0.2, 0.25) is 0 Å². The lowest BCUT2D eigenvalue weighted by Gasteiger charge is -2.12. The molecule has 0 radical (unpaired) electrons. The number of halogens is 1. The summed E-state index contributed by atoms with van der Waals surface area (Å²) in [6.45, 7) is 6.36. The molecular weight excluding hydrogens is 426 g/mol. The molecule has 1 N–H and O–H groups in total. The zero-order valence-corrected chi connectivity index (χ0v) is 17.8. The van der Waals surface area contributed by atoms with Crippen LogP contribution in [0.5, 0.6) is 11.5 Å². The van der Waals surface area contributed by atoms with Gasteiger partial charge in [0.25, 0.3) is 5.91 Å². The van der Waals surface area contributed by atoms with Crippen LogP contribution in [0.1, 0.15) is 25.0 Å². The van der Waals surface area contributed by atoms with Gasteiger partial charge < -0.3 is 19.5 Å². The fraction of sp³-hybridized carbons (Fsp3) is 0.333. The molecule has 1 amide bonds. The summed E-state index contributed by atoms with van der Waals surface area (Å²) >= 11 is 3.41. The van der Waals surface area contributed by atoms with E-state index in [1.807, 2.05) is 32.9 Å². The predicted molar refractivity (Wildman–Crippen MR) is 111 cm³/mol. The van der Waals surface area contributed by atoms with Crippen molar-refractivity contribution in [2.45, 2.75) is 27.2 Å². The second kappa shape index (κ2) is 10.7. The fourth-order valence-electron chi connectivity index (χ4n) is 2.49. The van der Waals surface area contributed by atoms with E-state index >= 15 is 0 Å². The lowest BCUT2D eigenvalue weighted by Crippen LogP contribution is -2.21. The van der Waals surface area contributed by atoms with E-state index in [4.69, 9.17) is 14.2 Å². The SMILES string of the molecule is CCOc1ccc(CC(=O)OCC(=O)Nc2ccc(Br)c(C)c2)cc1OCC. The van der Waals surface area contributed by atoms with Gasteiger partial charge >= 0.3 is 5.97 Å². The van der Waals surface area contributed by atoms with Crippen molar-refractivity contribution < 1.29 is 23.8 Å². The van der Waals surface area contributed by atoms with E-state index in [-0.39, 0.29) is 13.0 Å². The number of hydrogen-bond acceptors (Lipinski definition) is 5. The lowest BCUT2D eigenvalue weighted by atomic mass is 10.1. The van der Waals surface area contributed by atoms with Gasteiger partial charge in [-0.15, -0.1) is 0 Å². The molecule has 0 saturated carbocycles. The third-order valence-electron chi connectivity index (χ3n) is 3.76. The second-order valence-electron chi connectivity index (χ2n) is 6.00. The van der Waals surface area contributed by atoms with Crippen molar-refractivity contribution in [2.75, 3.05) is 25.1 Å². The van der Waals surface area contributed by atoms with Crippen molar-refractivity contribution >= 4 is 33.5 Å². The van der Waals surface area contributed by atoms with Crippen LogP contribution < -0.4 is 14.8 Å². The molecule has 0 aliphatic heterocycles. The summed E-state index contributed by atoms with van der Waals surface area (Å²) in [4.78, 5) is 24.1. The van der Waals surface area contributed by atoms with Gasteiger partial charge in [-0.2, -0.15) is 0 Å². The highest BCUT2D eigenvalue weighted by Crippen LogP contribution is 2.28. The normalized spacial score (nSPS) is 10.3. The summed E-state index contributed by atoms with van der Waals surface area (Å²) in [5.41, 5.74) is 2.37. The van der Waals surface area contributed by atoms with Gasteiger partial charge in [-0.3, -0.25) is 9.59 Å². The number of anilines is 1. The third kappa shape index (κ3) is 6.56. The Bertz CT molecular complexity index is 838. The van der Waals surface area contributed by atoms with Crippen LogP contribution in [0.2, 0.25) is 0 Å². The standard InChI is InChI=1S/C21H24BrNO5/c1-4-26-18-9-6-15(11-19(18)27-5-2)12-21(25)28-13-20(24)23-16-7-8-17(22)14(3)10-16/h6-11H,4-5,12-13H2,1-3H3,(H,23,24). The Balaban J connectivity index is 1.88. The molecule has 6 nitrogen and oxygen atoms in total. The maximum absolute atomic E-state index is 12.1. The molecule has 0 fully saturated rings. The first kappa shape index (κ1) is 21.8. The number of ether oxygens (including phenoxy) is 3. The molecule has 0 heterocycles. The molecule has 0 atom stereocenters. The average Bonchev–Trinajstić information content (AvgIpc) is 2.65. The van der Waals surface area contributed by atoms with Crippen LogP contribution in [0, 0.1) is 6.92 Å². The highest BCUT2D eigenvalue weighted by atomic mass is 79.9. The molecule has 0 bridgehead atoms. The smallest absolute Gasteiger partial charge is 0.310 e. The zero-order valence-electron chi connectivity index (χ0n) is 16.2. The summed E-state index contributed by atoms with van der Waals surface area (Å²) in [5.74, 6) is 0.328. The molecule has 2 rings (SSSR count). The summed E-state index contributed by atoms with van der Waals surface area (Å²) in [7, 11) is 0. The monoisotopic (exact) mass is 449 g/mol. The van der Waals surface area contributed by atoms with Gasteiger partial charge in [0.05, 0.1) is 19.6 Å². The quantitative estimate of drug-likeness (QED) is 0.578. The van der Waals surface area contributed by atoms with Crippen molar-refractivity contribution in [3.63, 3.8) is 0 Å². The predicted octanol–water partition coefficient (Wildman–Crippen LogP) is 4.28. The first-order chi connectivity index (χ1) is 13.4. The summed E-state index contributed by atoms with van der Waals surface area (Å²) in [5, 5.41) is 2.70. The molecule has 2 aromatic rings. The minimum Gasteiger partial charge on any atom is -0.490 e. The van der Waals surface area contributed by atoms with Gasteiger partial charge in [0.1, 0.15) is 0 Å². The van der Waals surface area contributed by atoms with Gasteiger partial charge in [-0.05, 0) is 62.2 Å². The third-order valence-corrected chi connectivity index (χ3v) is 4.65. The summed E-state index contributed by atoms with van der Waals surface area (Å²) in [6, 6.07) is 10.7. The Morgan fingerprint density at radius 3 is 2.39 bits per heavy atom. The minimum atomic E-state index is -0.492. The highest BCUT2D eigenvalue weighted by Gasteiger charge is 2.12. The van der Waals surface area contributed by atoms with Crippen molar-refractivity contribution in [2.24, 2.45) is 0 Å². The molecule has 0 saturated heterocycles. The molecule has 150 valence electrons. The van der Waals surface area contributed by atoms with Crippen LogP contribution in [0.4, 0.5) is 5.69 Å². The minimum absolute atomic E-state index is 0.0388.